The first-order valence-corrected chi connectivity index (χ1v) is 7.68. The van der Waals surface area contributed by atoms with Crippen LogP contribution in [0, 0.1) is 0 Å². The highest BCUT2D eigenvalue weighted by Gasteiger charge is 2.05. The van der Waals surface area contributed by atoms with Gasteiger partial charge in [-0.2, -0.15) is 0 Å². The average molecular weight is 296 g/mol. The van der Waals surface area contributed by atoms with Crippen molar-refractivity contribution >= 4 is 5.96 Å². The first kappa shape index (κ1) is 16.0. The van der Waals surface area contributed by atoms with Crippen molar-refractivity contribution in [3.63, 3.8) is 0 Å². The fraction of sp³-hybridized carbons (Fsp3) is 0.333. The molecular weight excluding hydrogens is 272 g/mol. The molecule has 0 bridgehead atoms. The number of nitrogens with zero attached hydrogens (tertiary/aromatic N) is 2. The molecule has 0 radical (unpaired) electrons. The molecule has 0 aliphatic carbocycles. The van der Waals surface area contributed by atoms with Crippen LogP contribution in [-0.4, -0.2) is 31.1 Å². The Morgan fingerprint density at radius 2 is 1.95 bits per heavy atom. The largest absolute Gasteiger partial charge is 0.356 e. The number of pyridine rings is 1. The van der Waals surface area contributed by atoms with Gasteiger partial charge in [0, 0.05) is 32.5 Å². The van der Waals surface area contributed by atoms with Crippen molar-refractivity contribution in [3.05, 3.63) is 66.0 Å². The van der Waals surface area contributed by atoms with Crippen LogP contribution in [0.1, 0.15) is 24.0 Å². The van der Waals surface area contributed by atoms with E-state index in [1.165, 1.54) is 11.1 Å². The maximum atomic E-state index is 4.26. The zero-order valence-corrected chi connectivity index (χ0v) is 13.3. The van der Waals surface area contributed by atoms with Crippen molar-refractivity contribution in [2.75, 3.05) is 20.1 Å². The zero-order valence-electron chi connectivity index (χ0n) is 13.3. The van der Waals surface area contributed by atoms with Gasteiger partial charge in [-0.1, -0.05) is 43.3 Å². The number of aromatic nitrogens is 1. The van der Waals surface area contributed by atoms with E-state index in [4.69, 9.17) is 0 Å². The Hall–Kier alpha value is -2.36. The molecule has 0 spiro atoms. The van der Waals surface area contributed by atoms with E-state index in [-0.39, 0.29) is 0 Å². The maximum Gasteiger partial charge on any atom is 0.191 e. The number of hydrogen-bond acceptors (Lipinski definition) is 2. The summed E-state index contributed by atoms with van der Waals surface area (Å²) in [5.74, 6) is 1.28. The van der Waals surface area contributed by atoms with Crippen molar-refractivity contribution < 1.29 is 0 Å². The SMILES string of the molecule is CN=C(NCCc1cccnc1)NCC(C)c1ccccc1. The topological polar surface area (TPSA) is 49.3 Å². The van der Waals surface area contributed by atoms with E-state index in [0.717, 1.165) is 25.5 Å². The fourth-order valence-corrected chi connectivity index (χ4v) is 2.24. The van der Waals surface area contributed by atoms with E-state index in [1.807, 2.05) is 18.3 Å². The summed E-state index contributed by atoms with van der Waals surface area (Å²) in [7, 11) is 1.80. The molecule has 0 saturated carbocycles. The first-order chi connectivity index (χ1) is 10.8. The predicted octanol–water partition coefficient (Wildman–Crippen LogP) is 2.59. The molecular formula is C18H24N4. The number of nitrogens with one attached hydrogen (secondary N) is 2. The maximum absolute atomic E-state index is 4.26. The second-order valence-corrected chi connectivity index (χ2v) is 5.30. The number of hydrogen-bond donors (Lipinski definition) is 2. The molecule has 0 saturated heterocycles. The van der Waals surface area contributed by atoms with Gasteiger partial charge in [-0.25, -0.2) is 0 Å². The summed E-state index contributed by atoms with van der Waals surface area (Å²) >= 11 is 0. The molecule has 1 aromatic carbocycles. The Labute approximate surface area is 132 Å². The lowest BCUT2D eigenvalue weighted by atomic mass is 10.0. The highest BCUT2D eigenvalue weighted by atomic mass is 15.2. The summed E-state index contributed by atoms with van der Waals surface area (Å²) in [5.41, 5.74) is 2.56. The fourth-order valence-electron chi connectivity index (χ4n) is 2.24. The lowest BCUT2D eigenvalue weighted by molar-refractivity contribution is 0.697. The predicted molar refractivity (Wildman–Crippen MR) is 92.2 cm³/mol. The third-order valence-electron chi connectivity index (χ3n) is 3.60. The van der Waals surface area contributed by atoms with Crippen molar-refractivity contribution in [1.82, 2.24) is 15.6 Å². The molecule has 116 valence electrons. The van der Waals surface area contributed by atoms with Crippen LogP contribution >= 0.6 is 0 Å². The molecule has 1 heterocycles. The van der Waals surface area contributed by atoms with Gasteiger partial charge in [0.2, 0.25) is 0 Å². The molecule has 1 aromatic heterocycles. The van der Waals surface area contributed by atoms with E-state index >= 15 is 0 Å². The summed E-state index contributed by atoms with van der Waals surface area (Å²) < 4.78 is 0. The van der Waals surface area contributed by atoms with E-state index < -0.39 is 0 Å². The highest BCUT2D eigenvalue weighted by Crippen LogP contribution is 2.12. The average Bonchev–Trinajstić information content (AvgIpc) is 2.59. The molecule has 2 aromatic rings. The highest BCUT2D eigenvalue weighted by molar-refractivity contribution is 5.79. The van der Waals surface area contributed by atoms with Crippen molar-refractivity contribution in [2.45, 2.75) is 19.3 Å². The summed E-state index contributed by atoms with van der Waals surface area (Å²) in [6.45, 7) is 3.91. The van der Waals surface area contributed by atoms with Gasteiger partial charge in [0.25, 0.3) is 0 Å². The number of rotatable bonds is 6. The van der Waals surface area contributed by atoms with E-state index in [9.17, 15) is 0 Å². The molecule has 22 heavy (non-hydrogen) atoms. The number of benzene rings is 1. The molecule has 2 N–H and O–H groups in total. The monoisotopic (exact) mass is 296 g/mol. The van der Waals surface area contributed by atoms with Crippen LogP contribution in [0.15, 0.2) is 59.9 Å². The van der Waals surface area contributed by atoms with Crippen LogP contribution in [0.3, 0.4) is 0 Å². The van der Waals surface area contributed by atoms with Crippen LogP contribution < -0.4 is 10.6 Å². The molecule has 0 amide bonds. The summed E-state index contributed by atoms with van der Waals surface area (Å²) in [6, 6.07) is 14.6. The number of guanidine groups is 1. The minimum absolute atomic E-state index is 0.443. The Morgan fingerprint density at radius 1 is 1.14 bits per heavy atom. The lowest BCUT2D eigenvalue weighted by Crippen LogP contribution is -2.39. The van der Waals surface area contributed by atoms with Crippen molar-refractivity contribution in [2.24, 2.45) is 4.99 Å². The van der Waals surface area contributed by atoms with Crippen molar-refractivity contribution in [1.29, 1.82) is 0 Å². The minimum Gasteiger partial charge on any atom is -0.356 e. The number of aliphatic imine (C=N–C) groups is 1. The van der Waals surface area contributed by atoms with Crippen molar-refractivity contribution in [3.8, 4) is 0 Å². The van der Waals surface area contributed by atoms with Crippen LogP contribution in [0.5, 0.6) is 0 Å². The standard InChI is InChI=1S/C18H24N4/c1-15(17-8-4-3-5-9-17)13-22-18(19-2)21-12-10-16-7-6-11-20-14-16/h3-9,11,14-15H,10,12-13H2,1-2H3,(H2,19,21,22). The van der Waals surface area contributed by atoms with Gasteiger partial charge >= 0.3 is 0 Å². The summed E-state index contributed by atoms with van der Waals surface area (Å²) in [6.07, 6.45) is 4.63. The lowest BCUT2D eigenvalue weighted by Gasteiger charge is -2.16. The molecule has 0 aliphatic rings. The first-order valence-electron chi connectivity index (χ1n) is 7.68. The molecule has 1 unspecified atom stereocenters. The normalized spacial score (nSPS) is 12.7. The zero-order chi connectivity index (χ0) is 15.6. The van der Waals surface area contributed by atoms with Crippen LogP contribution in [0.25, 0.3) is 0 Å². The molecule has 0 aliphatic heterocycles. The summed E-state index contributed by atoms with van der Waals surface area (Å²) in [5, 5.41) is 6.71. The second kappa shape index (κ2) is 8.82. The van der Waals surface area contributed by atoms with Gasteiger partial charge in [-0.15, -0.1) is 0 Å². The smallest absolute Gasteiger partial charge is 0.191 e. The van der Waals surface area contributed by atoms with E-state index in [1.54, 1.807) is 13.2 Å². The Morgan fingerprint density at radius 3 is 2.64 bits per heavy atom. The van der Waals surface area contributed by atoms with Crippen LogP contribution in [0.2, 0.25) is 0 Å². The van der Waals surface area contributed by atoms with Gasteiger partial charge in [0.05, 0.1) is 0 Å². The van der Waals surface area contributed by atoms with Gasteiger partial charge in [0.1, 0.15) is 0 Å². The molecule has 4 nitrogen and oxygen atoms in total. The third-order valence-corrected chi connectivity index (χ3v) is 3.60. The quantitative estimate of drug-likeness (QED) is 0.636. The third kappa shape index (κ3) is 5.20. The van der Waals surface area contributed by atoms with Gasteiger partial charge in [-0.3, -0.25) is 9.98 Å². The molecule has 2 rings (SSSR count). The van der Waals surface area contributed by atoms with E-state index in [0.29, 0.717) is 5.92 Å². The van der Waals surface area contributed by atoms with Gasteiger partial charge in [-0.05, 0) is 29.5 Å². The summed E-state index contributed by atoms with van der Waals surface area (Å²) in [4.78, 5) is 8.39. The Balaban J connectivity index is 1.73. The minimum atomic E-state index is 0.443. The molecule has 0 fully saturated rings. The van der Waals surface area contributed by atoms with Crippen LogP contribution in [0.4, 0.5) is 0 Å². The molecule has 4 heteroatoms. The van der Waals surface area contributed by atoms with Gasteiger partial charge in [0.15, 0.2) is 5.96 Å². The Kier molecular flexibility index (Phi) is 6.42. The van der Waals surface area contributed by atoms with E-state index in [2.05, 4.69) is 57.9 Å². The molecule has 1 atom stereocenters. The second-order valence-electron chi connectivity index (χ2n) is 5.30. The van der Waals surface area contributed by atoms with Crippen LogP contribution in [-0.2, 0) is 6.42 Å². The Bertz CT molecular complexity index is 566. The van der Waals surface area contributed by atoms with Gasteiger partial charge < -0.3 is 10.6 Å².